The van der Waals surface area contributed by atoms with Gasteiger partial charge in [0.25, 0.3) is 0 Å². The summed E-state index contributed by atoms with van der Waals surface area (Å²) in [5.41, 5.74) is 0.472. The smallest absolute Gasteiger partial charge is 0.237 e. The topological polar surface area (TPSA) is 41.1 Å². The highest BCUT2D eigenvalue weighted by Crippen LogP contribution is 2.33. The first-order valence-corrected chi connectivity index (χ1v) is 7.36. The number of amides is 1. The van der Waals surface area contributed by atoms with E-state index in [-0.39, 0.29) is 18.0 Å². The molecule has 0 spiro atoms. The van der Waals surface area contributed by atoms with E-state index < -0.39 is 0 Å². The van der Waals surface area contributed by atoms with Gasteiger partial charge in [0.2, 0.25) is 5.91 Å². The summed E-state index contributed by atoms with van der Waals surface area (Å²) in [6.45, 7) is 10.7. The Labute approximate surface area is 112 Å². The van der Waals surface area contributed by atoms with Gasteiger partial charge in [0, 0.05) is 12.1 Å². The lowest BCUT2D eigenvalue weighted by atomic mass is 9.85. The highest BCUT2D eigenvalue weighted by Gasteiger charge is 2.26. The van der Waals surface area contributed by atoms with Crippen LogP contribution < -0.4 is 10.6 Å². The molecule has 0 aromatic heterocycles. The molecule has 0 aromatic rings. The maximum atomic E-state index is 11.9. The Hall–Kier alpha value is -0.570. The third-order valence-electron chi connectivity index (χ3n) is 3.89. The van der Waals surface area contributed by atoms with E-state index in [0.717, 1.165) is 0 Å². The monoisotopic (exact) mass is 254 g/mol. The largest absolute Gasteiger partial charge is 0.353 e. The second kappa shape index (κ2) is 6.55. The van der Waals surface area contributed by atoms with Gasteiger partial charge in [-0.15, -0.1) is 0 Å². The van der Waals surface area contributed by atoms with Crippen LogP contribution in [0.1, 0.15) is 66.7 Å². The summed E-state index contributed by atoms with van der Waals surface area (Å²) in [7, 11) is 0. The Bertz CT molecular complexity index is 274. The lowest BCUT2D eigenvalue weighted by molar-refractivity contribution is -0.123. The maximum absolute atomic E-state index is 11.9. The molecule has 2 atom stereocenters. The molecule has 1 rings (SSSR count). The van der Waals surface area contributed by atoms with E-state index in [1.54, 1.807) is 0 Å². The normalized spacial score (nSPS) is 25.6. The fourth-order valence-electron chi connectivity index (χ4n) is 2.67. The van der Waals surface area contributed by atoms with Crippen molar-refractivity contribution in [1.29, 1.82) is 0 Å². The van der Waals surface area contributed by atoms with E-state index in [0.29, 0.717) is 11.5 Å². The molecular weight excluding hydrogens is 224 g/mol. The summed E-state index contributed by atoms with van der Waals surface area (Å²) < 4.78 is 0. The molecule has 0 aliphatic heterocycles. The molecule has 1 aliphatic carbocycles. The van der Waals surface area contributed by atoms with Crippen LogP contribution >= 0.6 is 0 Å². The standard InChI is InChI=1S/C15H30N2O/c1-11(2)16-14(18)12(3)17-13-7-6-9-15(4,5)10-8-13/h11-13,17H,6-10H2,1-5H3,(H,16,18). The number of hydrogen-bond acceptors (Lipinski definition) is 2. The minimum absolute atomic E-state index is 0.0846. The molecule has 0 heterocycles. The van der Waals surface area contributed by atoms with Crippen molar-refractivity contribution in [3.05, 3.63) is 0 Å². The van der Waals surface area contributed by atoms with E-state index in [1.165, 1.54) is 32.1 Å². The number of nitrogens with one attached hydrogen (secondary N) is 2. The molecule has 1 aliphatic rings. The number of hydrogen-bond donors (Lipinski definition) is 2. The zero-order chi connectivity index (χ0) is 13.8. The van der Waals surface area contributed by atoms with Crippen LogP contribution in [0.15, 0.2) is 0 Å². The quantitative estimate of drug-likeness (QED) is 0.757. The van der Waals surface area contributed by atoms with Crippen LogP contribution in [0.5, 0.6) is 0 Å². The second-order valence-corrected chi connectivity index (χ2v) is 6.84. The Morgan fingerprint density at radius 2 is 1.83 bits per heavy atom. The van der Waals surface area contributed by atoms with Crippen LogP contribution in [0, 0.1) is 5.41 Å². The van der Waals surface area contributed by atoms with Crippen LogP contribution in [0.3, 0.4) is 0 Å². The lowest BCUT2D eigenvalue weighted by Crippen LogP contribution is -2.48. The van der Waals surface area contributed by atoms with E-state index in [1.807, 2.05) is 20.8 Å². The van der Waals surface area contributed by atoms with Crippen molar-refractivity contribution >= 4 is 5.91 Å². The third kappa shape index (κ3) is 5.38. The average Bonchev–Trinajstić information content (AvgIpc) is 2.39. The summed E-state index contributed by atoms with van der Waals surface area (Å²) in [6.07, 6.45) is 6.21. The van der Waals surface area contributed by atoms with Gasteiger partial charge in [0.1, 0.15) is 0 Å². The molecule has 1 amide bonds. The summed E-state index contributed by atoms with van der Waals surface area (Å²) in [6, 6.07) is 0.633. The molecule has 2 N–H and O–H groups in total. The van der Waals surface area contributed by atoms with Gasteiger partial charge in [-0.2, -0.15) is 0 Å². The van der Waals surface area contributed by atoms with Crippen LogP contribution in [-0.4, -0.2) is 24.0 Å². The van der Waals surface area contributed by atoms with Gasteiger partial charge in [-0.3, -0.25) is 4.79 Å². The maximum Gasteiger partial charge on any atom is 0.237 e. The second-order valence-electron chi connectivity index (χ2n) is 6.84. The van der Waals surface area contributed by atoms with E-state index in [4.69, 9.17) is 0 Å². The summed E-state index contributed by atoms with van der Waals surface area (Å²) in [5, 5.41) is 6.45. The van der Waals surface area contributed by atoms with Crippen molar-refractivity contribution < 1.29 is 4.79 Å². The zero-order valence-corrected chi connectivity index (χ0v) is 12.7. The van der Waals surface area contributed by atoms with Crippen LogP contribution in [0.4, 0.5) is 0 Å². The summed E-state index contributed by atoms with van der Waals surface area (Å²) in [4.78, 5) is 11.9. The van der Waals surface area contributed by atoms with Crippen molar-refractivity contribution in [2.45, 2.75) is 84.8 Å². The SMILES string of the molecule is CC(C)NC(=O)C(C)NC1CCCC(C)(C)CC1. The summed E-state index contributed by atoms with van der Waals surface area (Å²) in [5.74, 6) is 0.119. The van der Waals surface area contributed by atoms with Gasteiger partial charge in [-0.05, 0) is 51.9 Å². The highest BCUT2D eigenvalue weighted by atomic mass is 16.2. The minimum Gasteiger partial charge on any atom is -0.353 e. The van der Waals surface area contributed by atoms with Crippen LogP contribution in [0.25, 0.3) is 0 Å². The van der Waals surface area contributed by atoms with Gasteiger partial charge in [-0.1, -0.05) is 20.3 Å². The predicted molar refractivity (Wildman–Crippen MR) is 76.5 cm³/mol. The first kappa shape index (κ1) is 15.5. The zero-order valence-electron chi connectivity index (χ0n) is 12.7. The molecule has 3 heteroatoms. The fraction of sp³-hybridized carbons (Fsp3) is 0.933. The molecule has 0 radical (unpaired) electrons. The van der Waals surface area contributed by atoms with Crippen molar-refractivity contribution in [2.24, 2.45) is 5.41 Å². The van der Waals surface area contributed by atoms with Gasteiger partial charge in [0.05, 0.1) is 6.04 Å². The molecule has 1 fully saturated rings. The van der Waals surface area contributed by atoms with E-state index in [9.17, 15) is 4.79 Å². The molecule has 2 unspecified atom stereocenters. The van der Waals surface area contributed by atoms with Gasteiger partial charge >= 0.3 is 0 Å². The molecule has 18 heavy (non-hydrogen) atoms. The minimum atomic E-state index is -0.0846. The molecular formula is C15H30N2O. The molecule has 0 bridgehead atoms. The first-order valence-electron chi connectivity index (χ1n) is 7.36. The highest BCUT2D eigenvalue weighted by molar-refractivity contribution is 5.81. The molecule has 0 aromatic carbocycles. The van der Waals surface area contributed by atoms with Crippen molar-refractivity contribution in [1.82, 2.24) is 10.6 Å². The summed E-state index contributed by atoms with van der Waals surface area (Å²) >= 11 is 0. The van der Waals surface area contributed by atoms with E-state index in [2.05, 4.69) is 24.5 Å². The van der Waals surface area contributed by atoms with Gasteiger partial charge in [0.15, 0.2) is 0 Å². The van der Waals surface area contributed by atoms with Crippen molar-refractivity contribution in [3.63, 3.8) is 0 Å². The van der Waals surface area contributed by atoms with Crippen molar-refractivity contribution in [3.8, 4) is 0 Å². The predicted octanol–water partition coefficient (Wildman–Crippen LogP) is 2.85. The van der Waals surface area contributed by atoms with Gasteiger partial charge in [-0.25, -0.2) is 0 Å². The lowest BCUT2D eigenvalue weighted by Gasteiger charge is -2.24. The number of carbonyl (C=O) groups is 1. The molecule has 1 saturated carbocycles. The van der Waals surface area contributed by atoms with Crippen LogP contribution in [0.2, 0.25) is 0 Å². The van der Waals surface area contributed by atoms with Gasteiger partial charge < -0.3 is 10.6 Å². The Kier molecular flexibility index (Phi) is 5.64. The Balaban J connectivity index is 2.40. The molecule has 0 saturated heterocycles. The molecule has 3 nitrogen and oxygen atoms in total. The first-order chi connectivity index (χ1) is 8.30. The third-order valence-corrected chi connectivity index (χ3v) is 3.89. The van der Waals surface area contributed by atoms with Crippen molar-refractivity contribution in [2.75, 3.05) is 0 Å². The number of carbonyl (C=O) groups excluding carboxylic acids is 1. The number of rotatable bonds is 4. The van der Waals surface area contributed by atoms with E-state index >= 15 is 0 Å². The Morgan fingerprint density at radius 3 is 2.44 bits per heavy atom. The van der Waals surface area contributed by atoms with Crippen LogP contribution in [-0.2, 0) is 4.79 Å². The Morgan fingerprint density at radius 1 is 1.17 bits per heavy atom. The average molecular weight is 254 g/mol. The fourth-order valence-corrected chi connectivity index (χ4v) is 2.67. The molecule has 106 valence electrons.